The van der Waals surface area contributed by atoms with Gasteiger partial charge >= 0.3 is 0 Å². The van der Waals surface area contributed by atoms with Gasteiger partial charge in [0.15, 0.2) is 0 Å². The van der Waals surface area contributed by atoms with E-state index in [0.29, 0.717) is 11.3 Å². The van der Waals surface area contributed by atoms with Crippen LogP contribution in [-0.4, -0.2) is 36.6 Å². The minimum atomic E-state index is -0.833. The van der Waals surface area contributed by atoms with Gasteiger partial charge in [-0.15, -0.1) is 0 Å². The monoisotopic (exact) mass is 244 g/mol. The van der Waals surface area contributed by atoms with Crippen molar-refractivity contribution in [3.63, 3.8) is 0 Å². The molecule has 2 N–H and O–H groups in total. The minimum Gasteiger partial charge on any atom is -0.490 e. The second-order valence-corrected chi connectivity index (χ2v) is 3.78. The van der Waals surface area contributed by atoms with Gasteiger partial charge in [0.2, 0.25) is 0 Å². The number of benzene rings is 1. The summed E-state index contributed by atoms with van der Waals surface area (Å²) in [7, 11) is 1.47. The first-order valence-electron chi connectivity index (χ1n) is 5.32. The van der Waals surface area contributed by atoms with Crippen LogP contribution in [0.15, 0.2) is 18.2 Å². The molecule has 1 aromatic rings. The van der Waals surface area contributed by atoms with Gasteiger partial charge < -0.3 is 19.7 Å². The summed E-state index contributed by atoms with van der Waals surface area (Å²) in [6.45, 7) is 1.71. The molecule has 0 radical (unpaired) electrons. The quantitative estimate of drug-likeness (QED) is 0.791. The fourth-order valence-electron chi connectivity index (χ4n) is 1.40. The average Bonchev–Trinajstić information content (AvgIpc) is 2.27. The Hall–Kier alpha value is -1.17. The number of hydrogen-bond acceptors (Lipinski definition) is 4. The highest BCUT2D eigenvalue weighted by molar-refractivity contribution is 5.35. The third-order valence-electron chi connectivity index (χ3n) is 2.21. The van der Waals surface area contributed by atoms with E-state index in [1.54, 1.807) is 0 Å². The van der Waals surface area contributed by atoms with Gasteiger partial charge in [0.25, 0.3) is 0 Å². The molecule has 0 aromatic heterocycles. The largest absolute Gasteiger partial charge is 0.490 e. The SMILES string of the molecule is COCC(O)COc1ccc(F)cc1[C@H](C)O. The smallest absolute Gasteiger partial charge is 0.125 e. The molecule has 17 heavy (non-hydrogen) atoms. The molecule has 0 aliphatic rings. The van der Waals surface area contributed by atoms with Crippen molar-refractivity contribution >= 4 is 0 Å². The Morgan fingerprint density at radius 3 is 2.59 bits per heavy atom. The highest BCUT2D eigenvalue weighted by Crippen LogP contribution is 2.26. The molecule has 0 fully saturated rings. The van der Waals surface area contributed by atoms with Crippen LogP contribution in [0.2, 0.25) is 0 Å². The Morgan fingerprint density at radius 2 is 2.00 bits per heavy atom. The number of hydrogen-bond donors (Lipinski definition) is 2. The predicted octanol–water partition coefficient (Wildman–Crippen LogP) is 1.27. The summed E-state index contributed by atoms with van der Waals surface area (Å²) in [6.07, 6.45) is -1.59. The Bertz CT molecular complexity index is 354. The molecule has 0 spiro atoms. The third kappa shape index (κ3) is 4.30. The molecule has 0 bridgehead atoms. The van der Waals surface area contributed by atoms with E-state index >= 15 is 0 Å². The van der Waals surface area contributed by atoms with Gasteiger partial charge in [0.05, 0.1) is 12.7 Å². The van der Waals surface area contributed by atoms with Crippen LogP contribution < -0.4 is 4.74 Å². The van der Waals surface area contributed by atoms with Crippen molar-refractivity contribution in [2.45, 2.75) is 19.1 Å². The van der Waals surface area contributed by atoms with Crippen molar-refractivity contribution in [1.82, 2.24) is 0 Å². The highest BCUT2D eigenvalue weighted by atomic mass is 19.1. The van der Waals surface area contributed by atoms with Crippen LogP contribution in [0.25, 0.3) is 0 Å². The normalized spacial score (nSPS) is 14.4. The van der Waals surface area contributed by atoms with Gasteiger partial charge in [-0.05, 0) is 25.1 Å². The molecule has 1 unspecified atom stereocenters. The Kier molecular flexibility index (Phi) is 5.34. The lowest BCUT2D eigenvalue weighted by molar-refractivity contribution is 0.0316. The van der Waals surface area contributed by atoms with E-state index in [2.05, 4.69) is 0 Å². The zero-order valence-electron chi connectivity index (χ0n) is 9.89. The fourth-order valence-corrected chi connectivity index (χ4v) is 1.40. The lowest BCUT2D eigenvalue weighted by atomic mass is 10.1. The standard InChI is InChI=1S/C12H17FO4/c1-8(14)11-5-9(13)3-4-12(11)17-7-10(15)6-16-2/h3-5,8,10,14-15H,6-7H2,1-2H3/t8-,10?/m0/s1. The van der Waals surface area contributed by atoms with Gasteiger partial charge in [-0.25, -0.2) is 4.39 Å². The molecule has 1 aromatic carbocycles. The number of aliphatic hydroxyl groups excluding tert-OH is 2. The van der Waals surface area contributed by atoms with Crippen LogP contribution in [0.4, 0.5) is 4.39 Å². The van der Waals surface area contributed by atoms with Crippen LogP contribution >= 0.6 is 0 Å². The molecule has 4 nitrogen and oxygen atoms in total. The van der Waals surface area contributed by atoms with Crippen molar-refractivity contribution in [1.29, 1.82) is 0 Å². The van der Waals surface area contributed by atoms with Gasteiger partial charge in [-0.2, -0.15) is 0 Å². The minimum absolute atomic E-state index is 0.0270. The number of methoxy groups -OCH3 is 1. The molecule has 0 aliphatic carbocycles. The highest BCUT2D eigenvalue weighted by Gasteiger charge is 2.12. The van der Waals surface area contributed by atoms with E-state index in [4.69, 9.17) is 9.47 Å². The van der Waals surface area contributed by atoms with Crippen molar-refractivity contribution in [3.05, 3.63) is 29.6 Å². The summed E-state index contributed by atoms with van der Waals surface area (Å²) in [5.74, 6) is -0.0813. The molecule has 5 heteroatoms. The van der Waals surface area contributed by atoms with Crippen LogP contribution in [-0.2, 0) is 4.74 Å². The Morgan fingerprint density at radius 1 is 1.29 bits per heavy atom. The molecule has 0 heterocycles. The van der Waals surface area contributed by atoms with Gasteiger partial charge in [0.1, 0.15) is 24.3 Å². The number of ether oxygens (including phenoxy) is 2. The molecule has 1 rings (SSSR count). The summed E-state index contributed by atoms with van der Waals surface area (Å²) < 4.78 is 23.1. The summed E-state index contributed by atoms with van der Waals surface area (Å²) in [6, 6.07) is 3.88. The summed E-state index contributed by atoms with van der Waals surface area (Å²) in [5.41, 5.74) is 0.356. The Balaban J connectivity index is 2.70. The first kappa shape index (κ1) is 13.9. The molecular weight excluding hydrogens is 227 g/mol. The van der Waals surface area contributed by atoms with Gasteiger partial charge in [-0.1, -0.05) is 0 Å². The number of rotatable bonds is 6. The van der Waals surface area contributed by atoms with Gasteiger partial charge in [-0.3, -0.25) is 0 Å². The Labute approximate surface area is 99.6 Å². The lowest BCUT2D eigenvalue weighted by Gasteiger charge is -2.15. The van der Waals surface area contributed by atoms with E-state index in [1.165, 1.54) is 32.2 Å². The molecule has 0 amide bonds. The topological polar surface area (TPSA) is 58.9 Å². The molecule has 0 saturated heterocycles. The summed E-state index contributed by atoms with van der Waals surface area (Å²) in [4.78, 5) is 0. The lowest BCUT2D eigenvalue weighted by Crippen LogP contribution is -2.23. The van der Waals surface area contributed by atoms with Crippen LogP contribution in [0, 0.1) is 5.82 Å². The van der Waals surface area contributed by atoms with Crippen LogP contribution in [0.1, 0.15) is 18.6 Å². The predicted molar refractivity (Wildman–Crippen MR) is 60.4 cm³/mol. The van der Waals surface area contributed by atoms with Crippen LogP contribution in [0.5, 0.6) is 5.75 Å². The average molecular weight is 244 g/mol. The first-order chi connectivity index (χ1) is 8.04. The van der Waals surface area contributed by atoms with E-state index in [9.17, 15) is 14.6 Å². The van der Waals surface area contributed by atoms with Crippen molar-refractivity contribution in [3.8, 4) is 5.75 Å². The van der Waals surface area contributed by atoms with E-state index in [0.717, 1.165) is 0 Å². The molecular formula is C12H17FO4. The number of halogens is 1. The summed E-state index contributed by atoms with van der Waals surface area (Å²) in [5, 5.41) is 18.9. The van der Waals surface area contributed by atoms with Crippen molar-refractivity contribution in [2.75, 3.05) is 20.3 Å². The summed E-state index contributed by atoms with van der Waals surface area (Å²) >= 11 is 0. The van der Waals surface area contributed by atoms with E-state index in [-0.39, 0.29) is 13.2 Å². The molecule has 2 atom stereocenters. The van der Waals surface area contributed by atoms with Crippen molar-refractivity contribution in [2.24, 2.45) is 0 Å². The van der Waals surface area contributed by atoms with Crippen LogP contribution in [0.3, 0.4) is 0 Å². The van der Waals surface area contributed by atoms with Gasteiger partial charge in [0, 0.05) is 12.7 Å². The maximum Gasteiger partial charge on any atom is 0.125 e. The zero-order chi connectivity index (χ0) is 12.8. The molecule has 0 aliphatic heterocycles. The van der Waals surface area contributed by atoms with E-state index < -0.39 is 18.0 Å². The first-order valence-corrected chi connectivity index (χ1v) is 5.32. The van der Waals surface area contributed by atoms with E-state index in [1.807, 2.05) is 0 Å². The maximum atomic E-state index is 13.0. The molecule has 0 saturated carbocycles. The zero-order valence-corrected chi connectivity index (χ0v) is 9.89. The maximum absolute atomic E-state index is 13.0. The second-order valence-electron chi connectivity index (χ2n) is 3.78. The third-order valence-corrected chi connectivity index (χ3v) is 2.21. The number of aliphatic hydroxyl groups is 2. The molecule has 96 valence electrons. The second kappa shape index (κ2) is 6.54. The fraction of sp³-hybridized carbons (Fsp3) is 0.500. The van der Waals surface area contributed by atoms with Crippen molar-refractivity contribution < 1.29 is 24.1 Å².